The van der Waals surface area contributed by atoms with Crippen LogP contribution in [0.1, 0.15) is 49.7 Å². The van der Waals surface area contributed by atoms with E-state index in [0.29, 0.717) is 0 Å². The summed E-state index contributed by atoms with van der Waals surface area (Å²) in [6.45, 7) is 0. The maximum atomic E-state index is 11.2. The van der Waals surface area contributed by atoms with Gasteiger partial charge in [-0.05, 0) is 61.8 Å². The molecule has 2 aromatic heterocycles. The van der Waals surface area contributed by atoms with Crippen molar-refractivity contribution in [3.63, 3.8) is 0 Å². The van der Waals surface area contributed by atoms with E-state index in [0.717, 1.165) is 62.5 Å². The fraction of sp³-hybridized carbons (Fsp3) is 0.545. The number of aliphatic hydroxyl groups is 2. The topological polar surface area (TPSA) is 66.2 Å². The highest BCUT2D eigenvalue weighted by molar-refractivity contribution is 5.18. The number of pyridine rings is 2. The van der Waals surface area contributed by atoms with Gasteiger partial charge in [0, 0.05) is 35.6 Å². The standard InChI is InChI=1S/C22H28N2O2/c25-19(21(7-3-8-21)13-17-5-1-11-23-15-17)20(26)22(9-4-10-22)14-18-6-2-12-24-16-18/h1-2,5-6,11-12,15-16,19-20,25-26H,3-4,7-10,13-14H2. The van der Waals surface area contributed by atoms with Gasteiger partial charge in [0.25, 0.3) is 0 Å². The minimum absolute atomic E-state index is 0.208. The first-order valence-corrected chi connectivity index (χ1v) is 9.78. The third kappa shape index (κ3) is 3.17. The van der Waals surface area contributed by atoms with E-state index in [1.54, 1.807) is 12.4 Å². The Labute approximate surface area is 155 Å². The first-order valence-electron chi connectivity index (χ1n) is 9.78. The molecular formula is C22H28N2O2. The largest absolute Gasteiger partial charge is 0.390 e. The van der Waals surface area contributed by atoms with Crippen LogP contribution in [0.15, 0.2) is 49.1 Å². The van der Waals surface area contributed by atoms with E-state index in [2.05, 4.69) is 22.1 Å². The van der Waals surface area contributed by atoms with Gasteiger partial charge in [-0.25, -0.2) is 0 Å². The van der Waals surface area contributed by atoms with Gasteiger partial charge in [-0.3, -0.25) is 9.97 Å². The summed E-state index contributed by atoms with van der Waals surface area (Å²) in [6.07, 6.45) is 13.7. The van der Waals surface area contributed by atoms with Crippen LogP contribution in [0.4, 0.5) is 0 Å². The number of hydrogen-bond acceptors (Lipinski definition) is 4. The Morgan fingerprint density at radius 3 is 1.46 bits per heavy atom. The van der Waals surface area contributed by atoms with Crippen LogP contribution in [0.3, 0.4) is 0 Å². The van der Waals surface area contributed by atoms with E-state index >= 15 is 0 Å². The van der Waals surface area contributed by atoms with Crippen LogP contribution in [-0.2, 0) is 12.8 Å². The molecule has 0 saturated heterocycles. The van der Waals surface area contributed by atoms with Crippen molar-refractivity contribution >= 4 is 0 Å². The fourth-order valence-electron chi connectivity index (χ4n) is 4.90. The molecule has 0 aliphatic heterocycles. The second-order valence-corrected chi connectivity index (χ2v) is 8.40. The zero-order chi connectivity index (χ0) is 18.0. The van der Waals surface area contributed by atoms with E-state index < -0.39 is 12.2 Å². The summed E-state index contributed by atoms with van der Waals surface area (Å²) in [7, 11) is 0. The van der Waals surface area contributed by atoms with Crippen molar-refractivity contribution in [1.29, 1.82) is 0 Å². The molecule has 2 unspecified atom stereocenters. The van der Waals surface area contributed by atoms with Crippen LogP contribution in [0, 0.1) is 10.8 Å². The summed E-state index contributed by atoms with van der Waals surface area (Å²) >= 11 is 0. The maximum Gasteiger partial charge on any atom is 0.0863 e. The summed E-state index contributed by atoms with van der Waals surface area (Å²) in [5.41, 5.74) is 1.88. The normalized spacial score (nSPS) is 22.7. The van der Waals surface area contributed by atoms with Crippen molar-refractivity contribution in [2.45, 2.75) is 63.6 Å². The van der Waals surface area contributed by atoms with E-state index in [1.807, 2.05) is 24.5 Å². The lowest BCUT2D eigenvalue weighted by Crippen LogP contribution is -2.57. The Balaban J connectivity index is 1.52. The quantitative estimate of drug-likeness (QED) is 0.802. The van der Waals surface area contributed by atoms with Crippen molar-refractivity contribution in [2.24, 2.45) is 10.8 Å². The third-order valence-electron chi connectivity index (χ3n) is 6.81. The average Bonchev–Trinajstić information content (AvgIpc) is 2.62. The number of hydrogen-bond donors (Lipinski definition) is 2. The molecule has 4 heteroatoms. The molecule has 2 N–H and O–H groups in total. The Morgan fingerprint density at radius 2 is 1.19 bits per heavy atom. The molecule has 0 radical (unpaired) electrons. The molecule has 2 fully saturated rings. The van der Waals surface area contributed by atoms with Gasteiger partial charge in [0.15, 0.2) is 0 Å². The third-order valence-corrected chi connectivity index (χ3v) is 6.81. The van der Waals surface area contributed by atoms with Gasteiger partial charge in [0.1, 0.15) is 0 Å². The molecule has 2 saturated carbocycles. The highest BCUT2D eigenvalue weighted by Crippen LogP contribution is 2.54. The van der Waals surface area contributed by atoms with Gasteiger partial charge in [-0.1, -0.05) is 25.0 Å². The van der Waals surface area contributed by atoms with Gasteiger partial charge < -0.3 is 10.2 Å². The van der Waals surface area contributed by atoms with Crippen LogP contribution >= 0.6 is 0 Å². The van der Waals surface area contributed by atoms with E-state index in [4.69, 9.17) is 0 Å². The molecule has 26 heavy (non-hydrogen) atoms. The molecule has 0 spiro atoms. The van der Waals surface area contributed by atoms with Crippen molar-refractivity contribution < 1.29 is 10.2 Å². The lowest BCUT2D eigenvalue weighted by Gasteiger charge is -2.54. The zero-order valence-electron chi connectivity index (χ0n) is 15.2. The van der Waals surface area contributed by atoms with Crippen molar-refractivity contribution in [1.82, 2.24) is 9.97 Å². The molecule has 2 heterocycles. The number of nitrogens with zero attached hydrogens (tertiary/aromatic N) is 2. The van der Waals surface area contributed by atoms with Crippen molar-refractivity contribution in [3.8, 4) is 0 Å². The second-order valence-electron chi connectivity index (χ2n) is 8.40. The monoisotopic (exact) mass is 352 g/mol. The molecule has 138 valence electrons. The van der Waals surface area contributed by atoms with Crippen LogP contribution < -0.4 is 0 Å². The molecule has 0 amide bonds. The maximum absolute atomic E-state index is 11.2. The minimum atomic E-state index is -0.687. The predicted molar refractivity (Wildman–Crippen MR) is 100 cm³/mol. The lowest BCUT2D eigenvalue weighted by atomic mass is 9.54. The summed E-state index contributed by atoms with van der Waals surface area (Å²) in [6, 6.07) is 8.03. The van der Waals surface area contributed by atoms with Crippen molar-refractivity contribution in [3.05, 3.63) is 60.2 Å². The Bertz CT molecular complexity index is 648. The van der Waals surface area contributed by atoms with Crippen LogP contribution in [-0.4, -0.2) is 32.4 Å². The Hall–Kier alpha value is -1.78. The molecule has 2 atom stereocenters. The van der Waals surface area contributed by atoms with Crippen LogP contribution in [0.5, 0.6) is 0 Å². The van der Waals surface area contributed by atoms with Crippen LogP contribution in [0.25, 0.3) is 0 Å². The first-order chi connectivity index (χ1) is 12.6. The highest BCUT2D eigenvalue weighted by Gasteiger charge is 2.54. The molecular weight excluding hydrogens is 324 g/mol. The average molecular weight is 352 g/mol. The van der Waals surface area contributed by atoms with Gasteiger partial charge in [-0.2, -0.15) is 0 Å². The summed E-state index contributed by atoms with van der Waals surface area (Å²) < 4.78 is 0. The van der Waals surface area contributed by atoms with Crippen LogP contribution in [0.2, 0.25) is 0 Å². The van der Waals surface area contributed by atoms with E-state index in [9.17, 15) is 10.2 Å². The minimum Gasteiger partial charge on any atom is -0.390 e. The van der Waals surface area contributed by atoms with Gasteiger partial charge in [0.05, 0.1) is 12.2 Å². The molecule has 0 aromatic carbocycles. The molecule has 0 bridgehead atoms. The molecule has 4 rings (SSSR count). The van der Waals surface area contributed by atoms with Gasteiger partial charge in [-0.15, -0.1) is 0 Å². The highest BCUT2D eigenvalue weighted by atomic mass is 16.3. The Morgan fingerprint density at radius 1 is 0.769 bits per heavy atom. The molecule has 2 aliphatic rings. The number of rotatable bonds is 7. The summed E-state index contributed by atoms with van der Waals surface area (Å²) in [4.78, 5) is 8.42. The fourth-order valence-corrected chi connectivity index (χ4v) is 4.90. The number of aromatic nitrogens is 2. The van der Waals surface area contributed by atoms with Crippen molar-refractivity contribution in [2.75, 3.05) is 0 Å². The summed E-state index contributed by atoms with van der Waals surface area (Å²) in [5.74, 6) is 0. The van der Waals surface area contributed by atoms with E-state index in [1.165, 1.54) is 0 Å². The van der Waals surface area contributed by atoms with E-state index in [-0.39, 0.29) is 10.8 Å². The lowest BCUT2D eigenvalue weighted by molar-refractivity contribution is -0.164. The second kappa shape index (κ2) is 7.09. The molecule has 4 nitrogen and oxygen atoms in total. The number of aliphatic hydroxyl groups excluding tert-OH is 2. The summed E-state index contributed by atoms with van der Waals surface area (Å²) in [5, 5.41) is 22.5. The smallest absolute Gasteiger partial charge is 0.0863 e. The van der Waals surface area contributed by atoms with Gasteiger partial charge in [0.2, 0.25) is 0 Å². The van der Waals surface area contributed by atoms with Gasteiger partial charge >= 0.3 is 0 Å². The first kappa shape index (κ1) is 17.6. The SMILES string of the molecule is OC(C(O)C1(Cc2cccnc2)CCC1)C1(Cc2cccnc2)CCC1. The Kier molecular flexibility index (Phi) is 4.80. The molecule has 2 aromatic rings. The zero-order valence-corrected chi connectivity index (χ0v) is 15.2. The molecule has 2 aliphatic carbocycles. The predicted octanol–water partition coefficient (Wildman–Crippen LogP) is 3.32.